The van der Waals surface area contributed by atoms with Crippen molar-refractivity contribution in [3.05, 3.63) is 56.2 Å². The Hall–Kier alpha value is -1.60. The molecule has 0 saturated carbocycles. The Labute approximate surface area is 137 Å². The number of amidine groups is 1. The number of hydrogen-bond donors (Lipinski definition) is 2. The summed E-state index contributed by atoms with van der Waals surface area (Å²) in [5.41, 5.74) is 6.58. The quantitative estimate of drug-likeness (QED) is 0.333. The average molecular weight is 418 g/mol. The topological polar surface area (TPSA) is 67.8 Å². The predicted molar refractivity (Wildman–Crippen MR) is 85.6 cm³/mol. The van der Waals surface area contributed by atoms with E-state index in [1.54, 1.807) is 6.07 Å². The zero-order valence-corrected chi connectivity index (χ0v) is 14.1. The minimum Gasteiger partial charge on any atom is -0.454 e. The first kappa shape index (κ1) is 15.8. The highest BCUT2D eigenvalue weighted by Gasteiger charge is 2.16. The smallest absolute Gasteiger partial charge is 0.180 e. The molecule has 3 N–H and O–H groups in total. The first-order chi connectivity index (χ1) is 9.93. The number of nitrogens with two attached hydrogens (primary N) is 1. The number of ether oxygens (including phenoxy) is 1. The van der Waals surface area contributed by atoms with Crippen LogP contribution in [-0.2, 0) is 0 Å². The van der Waals surface area contributed by atoms with Gasteiger partial charge in [-0.2, -0.15) is 0 Å². The van der Waals surface area contributed by atoms with Gasteiger partial charge in [-0.1, -0.05) is 27.2 Å². The van der Waals surface area contributed by atoms with Crippen LogP contribution in [0.1, 0.15) is 11.1 Å². The summed E-state index contributed by atoms with van der Waals surface area (Å²) in [4.78, 5) is 0. The van der Waals surface area contributed by atoms with Crippen LogP contribution in [0.3, 0.4) is 0 Å². The molecule has 0 heterocycles. The fourth-order valence-electron chi connectivity index (χ4n) is 1.66. The second kappa shape index (κ2) is 6.44. The van der Waals surface area contributed by atoms with E-state index < -0.39 is 5.82 Å². The number of halogens is 3. The lowest BCUT2D eigenvalue weighted by Crippen LogP contribution is -2.14. The summed E-state index contributed by atoms with van der Waals surface area (Å²) in [6.07, 6.45) is 0. The Morgan fingerprint density at radius 2 is 1.95 bits per heavy atom. The standard InChI is InChI=1S/C14H11Br2FN2O2/c1-7-2-3-8(15)6-11(7)21-10-5-4-9(14(18)19-20)12(16)13(10)17/h2-6,20H,1H3,(H2,18,19). The van der Waals surface area contributed by atoms with E-state index in [2.05, 4.69) is 37.0 Å². The Balaban J connectivity index is 2.42. The van der Waals surface area contributed by atoms with Gasteiger partial charge in [-0.15, -0.1) is 0 Å². The number of oxime groups is 1. The van der Waals surface area contributed by atoms with Crippen molar-refractivity contribution in [2.45, 2.75) is 6.92 Å². The number of rotatable bonds is 3. The molecule has 0 bridgehead atoms. The molecule has 0 aliphatic carbocycles. The van der Waals surface area contributed by atoms with Crippen LogP contribution in [0.15, 0.2) is 44.4 Å². The van der Waals surface area contributed by atoms with E-state index in [1.807, 2.05) is 19.1 Å². The zero-order chi connectivity index (χ0) is 15.6. The molecule has 0 radical (unpaired) electrons. The summed E-state index contributed by atoms with van der Waals surface area (Å²) in [5.74, 6) is -0.242. The molecule has 2 aromatic carbocycles. The van der Waals surface area contributed by atoms with Gasteiger partial charge in [0.1, 0.15) is 5.75 Å². The average Bonchev–Trinajstić information content (AvgIpc) is 2.47. The number of aryl methyl sites for hydroxylation is 1. The van der Waals surface area contributed by atoms with Crippen LogP contribution >= 0.6 is 31.9 Å². The summed E-state index contributed by atoms with van der Waals surface area (Å²) >= 11 is 6.42. The van der Waals surface area contributed by atoms with Crippen molar-refractivity contribution in [2.24, 2.45) is 10.9 Å². The minimum absolute atomic E-state index is 0.0394. The van der Waals surface area contributed by atoms with Gasteiger partial charge < -0.3 is 15.7 Å². The Morgan fingerprint density at radius 1 is 1.24 bits per heavy atom. The molecule has 21 heavy (non-hydrogen) atoms. The second-order valence-corrected chi connectivity index (χ2v) is 5.95. The maximum Gasteiger partial charge on any atom is 0.180 e. The van der Waals surface area contributed by atoms with Gasteiger partial charge in [-0.05, 0) is 52.7 Å². The molecule has 0 saturated heterocycles. The van der Waals surface area contributed by atoms with Gasteiger partial charge >= 0.3 is 0 Å². The lowest BCUT2D eigenvalue weighted by atomic mass is 10.2. The maximum atomic E-state index is 14.3. The molecule has 0 spiro atoms. The molecule has 0 atom stereocenters. The molecular formula is C14H11Br2FN2O2. The van der Waals surface area contributed by atoms with Crippen molar-refractivity contribution in [3.8, 4) is 11.5 Å². The molecule has 7 heteroatoms. The van der Waals surface area contributed by atoms with Crippen LogP contribution in [0.25, 0.3) is 0 Å². The van der Waals surface area contributed by atoms with E-state index in [0.29, 0.717) is 5.75 Å². The third-order valence-electron chi connectivity index (χ3n) is 2.80. The van der Waals surface area contributed by atoms with Crippen LogP contribution in [-0.4, -0.2) is 11.0 Å². The highest BCUT2D eigenvalue weighted by atomic mass is 79.9. The Morgan fingerprint density at radius 3 is 2.62 bits per heavy atom. The molecule has 0 aliphatic rings. The van der Waals surface area contributed by atoms with Crippen LogP contribution in [0.4, 0.5) is 4.39 Å². The Bertz CT molecular complexity index is 720. The number of hydrogen-bond acceptors (Lipinski definition) is 3. The monoisotopic (exact) mass is 416 g/mol. The second-order valence-electron chi connectivity index (χ2n) is 4.24. The molecule has 0 aromatic heterocycles. The van der Waals surface area contributed by atoms with Crippen molar-refractivity contribution >= 4 is 37.7 Å². The fourth-order valence-corrected chi connectivity index (χ4v) is 2.54. The van der Waals surface area contributed by atoms with Crippen LogP contribution in [0.2, 0.25) is 0 Å². The molecule has 4 nitrogen and oxygen atoms in total. The largest absolute Gasteiger partial charge is 0.454 e. The number of nitrogens with zero attached hydrogens (tertiary/aromatic N) is 1. The van der Waals surface area contributed by atoms with Crippen molar-refractivity contribution in [2.75, 3.05) is 0 Å². The van der Waals surface area contributed by atoms with Crippen LogP contribution < -0.4 is 10.5 Å². The summed E-state index contributed by atoms with van der Waals surface area (Å²) in [6, 6.07) is 8.41. The predicted octanol–water partition coefficient (Wildman–Crippen LogP) is 4.55. The van der Waals surface area contributed by atoms with Gasteiger partial charge in [0.25, 0.3) is 0 Å². The normalized spacial score (nSPS) is 11.5. The first-order valence-electron chi connectivity index (χ1n) is 5.84. The third kappa shape index (κ3) is 3.36. The van der Waals surface area contributed by atoms with Gasteiger partial charge in [-0.3, -0.25) is 0 Å². The highest BCUT2D eigenvalue weighted by molar-refractivity contribution is 9.10. The van der Waals surface area contributed by atoms with Crippen molar-refractivity contribution in [1.82, 2.24) is 0 Å². The maximum absolute atomic E-state index is 14.3. The minimum atomic E-state index is -0.626. The molecule has 0 aliphatic heterocycles. The lowest BCUT2D eigenvalue weighted by molar-refractivity contribution is 0.318. The van der Waals surface area contributed by atoms with E-state index in [-0.39, 0.29) is 21.6 Å². The number of benzene rings is 2. The zero-order valence-electron chi connectivity index (χ0n) is 10.9. The lowest BCUT2D eigenvalue weighted by Gasteiger charge is -2.12. The Kier molecular flexibility index (Phi) is 4.84. The SMILES string of the molecule is Cc1ccc(Br)cc1Oc1ccc(/C(N)=N/O)c(Br)c1F. The molecular weight excluding hydrogens is 407 g/mol. The molecule has 0 amide bonds. The summed E-state index contributed by atoms with van der Waals surface area (Å²) in [6.45, 7) is 1.86. The van der Waals surface area contributed by atoms with Crippen molar-refractivity contribution in [1.29, 1.82) is 0 Å². The van der Waals surface area contributed by atoms with Crippen molar-refractivity contribution in [3.63, 3.8) is 0 Å². The third-order valence-corrected chi connectivity index (χ3v) is 4.07. The van der Waals surface area contributed by atoms with Gasteiger partial charge in [0.2, 0.25) is 0 Å². The van der Waals surface area contributed by atoms with Crippen LogP contribution in [0.5, 0.6) is 11.5 Å². The molecule has 110 valence electrons. The highest BCUT2D eigenvalue weighted by Crippen LogP contribution is 2.34. The van der Waals surface area contributed by atoms with E-state index in [0.717, 1.165) is 10.0 Å². The molecule has 2 aromatic rings. The van der Waals surface area contributed by atoms with E-state index in [4.69, 9.17) is 15.7 Å². The molecule has 0 fully saturated rings. The summed E-state index contributed by atoms with van der Waals surface area (Å²) in [7, 11) is 0. The first-order valence-corrected chi connectivity index (χ1v) is 7.42. The fraction of sp³-hybridized carbons (Fsp3) is 0.0714. The van der Waals surface area contributed by atoms with E-state index >= 15 is 0 Å². The summed E-state index contributed by atoms with van der Waals surface area (Å²) in [5, 5.41) is 11.5. The van der Waals surface area contributed by atoms with Gasteiger partial charge in [0.05, 0.1) is 4.47 Å². The van der Waals surface area contributed by atoms with Gasteiger partial charge in [0.15, 0.2) is 17.4 Å². The van der Waals surface area contributed by atoms with Crippen molar-refractivity contribution < 1.29 is 14.3 Å². The molecule has 0 unspecified atom stereocenters. The van der Waals surface area contributed by atoms with E-state index in [1.165, 1.54) is 12.1 Å². The van der Waals surface area contributed by atoms with E-state index in [9.17, 15) is 4.39 Å². The van der Waals surface area contributed by atoms with Gasteiger partial charge in [0, 0.05) is 10.0 Å². The molecule has 2 rings (SSSR count). The van der Waals surface area contributed by atoms with Crippen LogP contribution in [0, 0.1) is 12.7 Å². The van der Waals surface area contributed by atoms with Gasteiger partial charge in [-0.25, -0.2) is 4.39 Å². The summed E-state index contributed by atoms with van der Waals surface area (Å²) < 4.78 is 20.8.